The normalized spacial score (nSPS) is 14.3. The minimum absolute atomic E-state index is 0. The highest BCUT2D eigenvalue weighted by Gasteiger charge is 2.18. The predicted molar refractivity (Wildman–Crippen MR) is 133 cm³/mol. The number of nitrogens with zero attached hydrogens (tertiary/aromatic N) is 2. The summed E-state index contributed by atoms with van der Waals surface area (Å²) in [5, 5.41) is 0. The van der Waals surface area contributed by atoms with Crippen LogP contribution in [0.5, 0.6) is 0 Å². The summed E-state index contributed by atoms with van der Waals surface area (Å²) >= 11 is 0. The Morgan fingerprint density at radius 2 is 1.16 bits per heavy atom. The number of carbonyl (C=O) groups excluding carboxylic acids is 1. The molecule has 0 radical (unpaired) electrons. The number of hydrogen-bond donors (Lipinski definition) is 0. The lowest BCUT2D eigenvalue weighted by atomic mass is 10.0. The van der Waals surface area contributed by atoms with Crippen molar-refractivity contribution in [2.45, 2.75) is 13.0 Å². The maximum atomic E-state index is 12.6. The van der Waals surface area contributed by atoms with E-state index in [2.05, 4.69) is 52.3 Å². The first-order valence-electron chi connectivity index (χ1n) is 10.5. The third-order valence-electron chi connectivity index (χ3n) is 5.68. The van der Waals surface area contributed by atoms with Gasteiger partial charge in [-0.3, -0.25) is 9.69 Å². The molecule has 31 heavy (non-hydrogen) atoms. The Kier molecular flexibility index (Phi) is 10.2. The topological polar surface area (TPSA) is 23.6 Å². The van der Waals surface area contributed by atoms with Gasteiger partial charge < -0.3 is 4.90 Å². The Bertz CT molecular complexity index is 909. The van der Waals surface area contributed by atoms with Crippen LogP contribution in [0.1, 0.15) is 22.3 Å². The van der Waals surface area contributed by atoms with Crippen molar-refractivity contribution < 1.29 is 4.79 Å². The molecule has 3 aromatic rings. The van der Waals surface area contributed by atoms with Crippen LogP contribution < -0.4 is 0 Å². The molecule has 0 saturated carbocycles. The van der Waals surface area contributed by atoms with Crippen LogP contribution in [-0.2, 0) is 6.54 Å². The van der Waals surface area contributed by atoms with Gasteiger partial charge in [0.05, 0.1) is 0 Å². The van der Waals surface area contributed by atoms with Gasteiger partial charge in [0, 0.05) is 51.3 Å². The molecule has 1 fully saturated rings. The van der Waals surface area contributed by atoms with Crippen molar-refractivity contribution in [3.63, 3.8) is 0 Å². The van der Waals surface area contributed by atoms with E-state index >= 15 is 0 Å². The van der Waals surface area contributed by atoms with E-state index in [1.165, 1.54) is 11.1 Å². The molecule has 1 aliphatic heterocycles. The van der Waals surface area contributed by atoms with Crippen molar-refractivity contribution in [2.24, 2.45) is 0 Å². The van der Waals surface area contributed by atoms with E-state index in [1.54, 1.807) is 0 Å². The van der Waals surface area contributed by atoms with Gasteiger partial charge in [-0.05, 0) is 16.7 Å². The third kappa shape index (κ3) is 7.19. The average Bonchev–Trinajstić information content (AvgIpc) is 2.80. The summed E-state index contributed by atoms with van der Waals surface area (Å²) in [7, 11) is 0. The fourth-order valence-electron chi connectivity index (χ4n) is 3.90. The summed E-state index contributed by atoms with van der Waals surface area (Å²) in [6.45, 7) is 6.06. The van der Waals surface area contributed by atoms with Crippen molar-refractivity contribution in [1.82, 2.24) is 9.80 Å². The van der Waals surface area contributed by atoms with Gasteiger partial charge in [-0.2, -0.15) is 0 Å². The average molecular weight is 457 g/mol. The SMILES string of the molecule is Cl.Cl.O=C(CCN1CCN(Cc2ccccc2)CC1)c1ccc(-c2ccccc2)cc1. The molecule has 1 aliphatic rings. The zero-order valence-corrected chi connectivity index (χ0v) is 19.3. The van der Waals surface area contributed by atoms with Gasteiger partial charge in [-0.15, -0.1) is 24.8 Å². The van der Waals surface area contributed by atoms with Gasteiger partial charge in [-0.1, -0.05) is 84.9 Å². The van der Waals surface area contributed by atoms with Gasteiger partial charge in [0.25, 0.3) is 0 Å². The minimum Gasteiger partial charge on any atom is -0.300 e. The molecule has 1 heterocycles. The highest BCUT2D eigenvalue weighted by Crippen LogP contribution is 2.20. The van der Waals surface area contributed by atoms with Crippen LogP contribution in [-0.4, -0.2) is 48.3 Å². The molecule has 3 nitrogen and oxygen atoms in total. The number of ketones is 1. The van der Waals surface area contributed by atoms with E-state index in [0.29, 0.717) is 6.42 Å². The Balaban J connectivity index is 0.00000171. The van der Waals surface area contributed by atoms with Gasteiger partial charge in [-0.25, -0.2) is 0 Å². The molecule has 0 unspecified atom stereocenters. The molecule has 0 N–H and O–H groups in total. The number of hydrogen-bond acceptors (Lipinski definition) is 3. The number of Topliss-reactive ketones (excluding diaryl/α,β-unsaturated/α-hetero) is 1. The maximum Gasteiger partial charge on any atom is 0.164 e. The van der Waals surface area contributed by atoms with Crippen molar-refractivity contribution in [2.75, 3.05) is 32.7 Å². The first-order valence-corrected chi connectivity index (χ1v) is 10.5. The number of rotatable bonds is 7. The molecule has 0 aromatic heterocycles. The second-order valence-corrected chi connectivity index (χ2v) is 7.72. The predicted octanol–water partition coefficient (Wildman–Crippen LogP) is 5.59. The van der Waals surface area contributed by atoms with Crippen LogP contribution in [0.3, 0.4) is 0 Å². The number of piperazine rings is 1. The maximum absolute atomic E-state index is 12.6. The van der Waals surface area contributed by atoms with Crippen molar-refractivity contribution in [1.29, 1.82) is 0 Å². The highest BCUT2D eigenvalue weighted by molar-refractivity contribution is 5.96. The first-order chi connectivity index (χ1) is 14.3. The smallest absolute Gasteiger partial charge is 0.164 e. The van der Waals surface area contributed by atoms with E-state index in [4.69, 9.17) is 0 Å². The summed E-state index contributed by atoms with van der Waals surface area (Å²) in [5.74, 6) is 0.233. The zero-order chi connectivity index (χ0) is 19.9. The van der Waals surface area contributed by atoms with Crippen LogP contribution >= 0.6 is 24.8 Å². The molecular weight excluding hydrogens is 427 g/mol. The van der Waals surface area contributed by atoms with E-state index in [1.807, 2.05) is 42.5 Å². The van der Waals surface area contributed by atoms with Gasteiger partial charge in [0.2, 0.25) is 0 Å². The van der Waals surface area contributed by atoms with Crippen LogP contribution in [0.15, 0.2) is 84.9 Å². The van der Waals surface area contributed by atoms with Crippen molar-refractivity contribution in [3.8, 4) is 11.1 Å². The fraction of sp³-hybridized carbons (Fsp3) is 0.269. The first kappa shape index (κ1) is 25.1. The second-order valence-electron chi connectivity index (χ2n) is 7.72. The van der Waals surface area contributed by atoms with E-state index in [9.17, 15) is 4.79 Å². The standard InChI is InChI=1S/C26H28N2O.2ClH/c29-26(25-13-11-24(12-14-25)23-9-5-2-6-10-23)15-16-27-17-19-28(20-18-27)21-22-7-3-1-4-8-22;;/h1-14H,15-21H2;2*1H. The lowest BCUT2D eigenvalue weighted by molar-refractivity contribution is 0.0922. The Morgan fingerprint density at radius 3 is 1.77 bits per heavy atom. The molecule has 0 bridgehead atoms. The summed E-state index contributed by atoms with van der Waals surface area (Å²) in [5.41, 5.74) is 4.51. The fourth-order valence-corrected chi connectivity index (χ4v) is 3.90. The van der Waals surface area contributed by atoms with Gasteiger partial charge in [0.15, 0.2) is 5.78 Å². The highest BCUT2D eigenvalue weighted by atomic mass is 35.5. The molecule has 3 aromatic carbocycles. The van der Waals surface area contributed by atoms with Gasteiger partial charge >= 0.3 is 0 Å². The van der Waals surface area contributed by atoms with Crippen LogP contribution in [0.4, 0.5) is 0 Å². The second kappa shape index (κ2) is 12.6. The van der Waals surface area contributed by atoms with Crippen LogP contribution in [0.2, 0.25) is 0 Å². The molecule has 4 rings (SSSR count). The third-order valence-corrected chi connectivity index (χ3v) is 5.68. The van der Waals surface area contributed by atoms with E-state index < -0.39 is 0 Å². The lowest BCUT2D eigenvalue weighted by Gasteiger charge is -2.34. The van der Waals surface area contributed by atoms with E-state index in [0.717, 1.165) is 50.4 Å². The molecule has 0 amide bonds. The number of halogens is 2. The van der Waals surface area contributed by atoms with Crippen LogP contribution in [0, 0.1) is 0 Å². The Labute approximate surface area is 197 Å². The van der Waals surface area contributed by atoms with E-state index in [-0.39, 0.29) is 30.6 Å². The molecular formula is C26H30Cl2N2O. The summed E-state index contributed by atoms with van der Waals surface area (Å²) < 4.78 is 0. The number of benzene rings is 3. The van der Waals surface area contributed by atoms with Crippen LogP contribution in [0.25, 0.3) is 11.1 Å². The monoisotopic (exact) mass is 456 g/mol. The molecule has 164 valence electrons. The Hall–Kier alpha value is -2.17. The number of carbonyl (C=O) groups is 1. The molecule has 5 heteroatoms. The quantitative estimate of drug-likeness (QED) is 0.433. The molecule has 0 atom stereocenters. The molecule has 0 aliphatic carbocycles. The van der Waals surface area contributed by atoms with Gasteiger partial charge in [0.1, 0.15) is 0 Å². The molecule has 0 spiro atoms. The summed E-state index contributed by atoms with van der Waals surface area (Å²) in [6.07, 6.45) is 0.587. The molecule has 1 saturated heterocycles. The summed E-state index contributed by atoms with van der Waals surface area (Å²) in [4.78, 5) is 17.5. The Morgan fingerprint density at radius 1 is 0.645 bits per heavy atom. The lowest BCUT2D eigenvalue weighted by Crippen LogP contribution is -2.46. The van der Waals surface area contributed by atoms with Crippen molar-refractivity contribution >= 4 is 30.6 Å². The van der Waals surface area contributed by atoms with Crippen molar-refractivity contribution in [3.05, 3.63) is 96.1 Å². The zero-order valence-electron chi connectivity index (χ0n) is 17.7. The summed E-state index contributed by atoms with van der Waals surface area (Å²) in [6, 6.07) is 28.9. The minimum atomic E-state index is 0. The largest absolute Gasteiger partial charge is 0.300 e.